The molecule has 0 heterocycles. The summed E-state index contributed by atoms with van der Waals surface area (Å²) in [6.07, 6.45) is -5.77. The Hall–Kier alpha value is -2.25. The molecule has 134 valence electrons. The van der Waals surface area contributed by atoms with Crippen LogP contribution in [0.2, 0.25) is 0 Å². The minimum Gasteiger partial charge on any atom is -0.480 e. The van der Waals surface area contributed by atoms with E-state index in [2.05, 4.69) is 5.32 Å². The number of nitrogens with one attached hydrogen (secondary N) is 1. The molecule has 0 fully saturated rings. The first kappa shape index (κ1) is 19.8. The number of alkyl carbamates (subject to hydrolysis) is 1. The van der Waals surface area contributed by atoms with Crippen molar-refractivity contribution in [1.29, 1.82) is 0 Å². The molecule has 1 atom stereocenters. The largest absolute Gasteiger partial charge is 0.480 e. The molecule has 0 saturated carbocycles. The fourth-order valence-corrected chi connectivity index (χ4v) is 1.99. The maximum atomic E-state index is 12.9. The van der Waals surface area contributed by atoms with Crippen LogP contribution >= 0.6 is 0 Å². The molecule has 5 nitrogen and oxygen atoms in total. The van der Waals surface area contributed by atoms with Gasteiger partial charge in [0.1, 0.15) is 11.6 Å². The van der Waals surface area contributed by atoms with Crippen molar-refractivity contribution in [2.75, 3.05) is 0 Å². The lowest BCUT2D eigenvalue weighted by Gasteiger charge is -2.22. The molecule has 8 heteroatoms. The van der Waals surface area contributed by atoms with Gasteiger partial charge in [-0.1, -0.05) is 12.1 Å². The third-order valence-electron chi connectivity index (χ3n) is 3.04. The zero-order chi connectivity index (χ0) is 18.7. The van der Waals surface area contributed by atoms with Gasteiger partial charge in [0.15, 0.2) is 0 Å². The number of rotatable bonds is 4. The van der Waals surface area contributed by atoms with Gasteiger partial charge in [0.25, 0.3) is 0 Å². The molecule has 0 aliphatic heterocycles. The number of aliphatic carboxylic acids is 1. The number of ether oxygens (including phenoxy) is 1. The molecular weight excluding hydrogens is 327 g/mol. The van der Waals surface area contributed by atoms with Crippen molar-refractivity contribution in [3.63, 3.8) is 0 Å². The van der Waals surface area contributed by atoms with Gasteiger partial charge in [0.2, 0.25) is 0 Å². The monoisotopic (exact) mass is 347 g/mol. The van der Waals surface area contributed by atoms with Crippen LogP contribution in [0.4, 0.5) is 18.0 Å². The molecule has 1 rings (SSSR count). The Labute approximate surface area is 137 Å². The summed E-state index contributed by atoms with van der Waals surface area (Å²) in [6, 6.07) is 2.16. The maximum Gasteiger partial charge on any atom is 0.416 e. The fourth-order valence-electron chi connectivity index (χ4n) is 1.99. The van der Waals surface area contributed by atoms with Gasteiger partial charge in [-0.25, -0.2) is 9.59 Å². The highest BCUT2D eigenvalue weighted by atomic mass is 19.4. The highest BCUT2D eigenvalue weighted by molar-refractivity contribution is 5.80. The second-order valence-electron chi connectivity index (χ2n) is 6.39. The van der Waals surface area contributed by atoms with Gasteiger partial charge in [-0.3, -0.25) is 0 Å². The molecule has 0 saturated heterocycles. The molecule has 0 bridgehead atoms. The average molecular weight is 347 g/mol. The van der Waals surface area contributed by atoms with Crippen LogP contribution in [0.3, 0.4) is 0 Å². The molecule has 1 unspecified atom stereocenters. The normalized spacial score (nSPS) is 13.3. The predicted octanol–water partition coefficient (Wildman–Crippen LogP) is 3.53. The summed E-state index contributed by atoms with van der Waals surface area (Å²) in [5.74, 6) is -1.37. The minimum atomic E-state index is -4.53. The number of hydrogen-bond donors (Lipinski definition) is 2. The van der Waals surface area contributed by atoms with E-state index in [9.17, 15) is 27.9 Å². The summed E-state index contributed by atoms with van der Waals surface area (Å²) in [4.78, 5) is 22.9. The lowest BCUT2D eigenvalue weighted by atomic mass is 10.00. The van der Waals surface area contributed by atoms with E-state index in [-0.39, 0.29) is 17.5 Å². The van der Waals surface area contributed by atoms with Crippen molar-refractivity contribution in [2.45, 2.75) is 51.9 Å². The number of carbonyl (C=O) groups excluding carboxylic acids is 1. The van der Waals surface area contributed by atoms with Crippen LogP contribution in [0.25, 0.3) is 0 Å². The second kappa shape index (κ2) is 7.11. The number of halogens is 3. The Kier molecular flexibility index (Phi) is 5.86. The van der Waals surface area contributed by atoms with E-state index in [1.807, 2.05) is 0 Å². The number of carbonyl (C=O) groups is 2. The Morgan fingerprint density at radius 1 is 1.25 bits per heavy atom. The third kappa shape index (κ3) is 6.10. The van der Waals surface area contributed by atoms with Crippen LogP contribution in [0, 0.1) is 6.92 Å². The van der Waals surface area contributed by atoms with Crippen LogP contribution in [0.1, 0.15) is 37.5 Å². The van der Waals surface area contributed by atoms with Crippen LogP contribution in [-0.4, -0.2) is 28.8 Å². The SMILES string of the molecule is Cc1ccc(CC(NC(=O)OC(C)(C)C)C(=O)O)cc1C(F)(F)F. The number of amides is 1. The van der Waals surface area contributed by atoms with Gasteiger partial charge >= 0.3 is 18.2 Å². The molecule has 0 aliphatic carbocycles. The highest BCUT2D eigenvalue weighted by Crippen LogP contribution is 2.32. The second-order valence-corrected chi connectivity index (χ2v) is 6.39. The van der Waals surface area contributed by atoms with Gasteiger partial charge < -0.3 is 15.2 Å². The van der Waals surface area contributed by atoms with Gasteiger partial charge in [0.05, 0.1) is 5.56 Å². The lowest BCUT2D eigenvalue weighted by Crippen LogP contribution is -2.44. The molecule has 0 aromatic heterocycles. The number of carboxylic acids is 1. The summed E-state index contributed by atoms with van der Waals surface area (Å²) >= 11 is 0. The molecule has 0 aliphatic rings. The predicted molar refractivity (Wildman–Crippen MR) is 80.7 cm³/mol. The summed E-state index contributed by atoms with van der Waals surface area (Å²) in [5.41, 5.74) is -1.46. The average Bonchev–Trinajstić information content (AvgIpc) is 2.36. The van der Waals surface area contributed by atoms with E-state index in [0.29, 0.717) is 0 Å². The topological polar surface area (TPSA) is 75.6 Å². The van der Waals surface area contributed by atoms with Crippen LogP contribution < -0.4 is 5.32 Å². The van der Waals surface area contributed by atoms with Gasteiger partial charge in [-0.2, -0.15) is 13.2 Å². The summed E-state index contributed by atoms with van der Waals surface area (Å²) in [7, 11) is 0. The smallest absolute Gasteiger partial charge is 0.416 e. The van der Waals surface area contributed by atoms with Crippen molar-refractivity contribution in [2.24, 2.45) is 0 Å². The van der Waals surface area contributed by atoms with Crippen molar-refractivity contribution in [3.8, 4) is 0 Å². The number of alkyl halides is 3. The zero-order valence-corrected chi connectivity index (χ0v) is 13.8. The van der Waals surface area contributed by atoms with E-state index in [0.717, 1.165) is 6.07 Å². The van der Waals surface area contributed by atoms with Crippen molar-refractivity contribution >= 4 is 12.1 Å². The Morgan fingerprint density at radius 2 is 1.83 bits per heavy atom. The molecule has 0 radical (unpaired) electrons. The molecule has 24 heavy (non-hydrogen) atoms. The van der Waals surface area contributed by atoms with Crippen LogP contribution in [0.15, 0.2) is 18.2 Å². The Bertz CT molecular complexity index is 621. The number of benzene rings is 1. The molecule has 1 aromatic rings. The van der Waals surface area contributed by atoms with E-state index in [1.54, 1.807) is 20.8 Å². The summed E-state index contributed by atoms with van der Waals surface area (Å²) < 4.78 is 43.7. The van der Waals surface area contributed by atoms with Crippen molar-refractivity contribution < 1.29 is 32.6 Å². The van der Waals surface area contributed by atoms with E-state index in [1.165, 1.54) is 19.1 Å². The van der Waals surface area contributed by atoms with E-state index < -0.39 is 35.4 Å². The Balaban J connectivity index is 2.94. The first-order valence-corrected chi connectivity index (χ1v) is 7.18. The lowest BCUT2D eigenvalue weighted by molar-refractivity contribution is -0.139. The summed E-state index contributed by atoms with van der Waals surface area (Å²) in [6.45, 7) is 6.15. The number of carboxylic acid groups (broad SMARTS) is 1. The minimum absolute atomic E-state index is 0.0400. The third-order valence-corrected chi connectivity index (χ3v) is 3.04. The van der Waals surface area contributed by atoms with Gasteiger partial charge in [-0.05, 0) is 44.9 Å². The van der Waals surface area contributed by atoms with Crippen LogP contribution in [-0.2, 0) is 22.1 Å². The first-order valence-electron chi connectivity index (χ1n) is 7.18. The number of aryl methyl sites for hydroxylation is 1. The van der Waals surface area contributed by atoms with E-state index >= 15 is 0 Å². The maximum absolute atomic E-state index is 12.9. The van der Waals surface area contributed by atoms with E-state index in [4.69, 9.17) is 4.74 Å². The van der Waals surface area contributed by atoms with Gasteiger partial charge in [0, 0.05) is 6.42 Å². The van der Waals surface area contributed by atoms with Gasteiger partial charge in [-0.15, -0.1) is 0 Å². The molecular formula is C16H20F3NO4. The molecule has 2 N–H and O–H groups in total. The molecule has 1 amide bonds. The Morgan fingerprint density at radius 3 is 2.29 bits per heavy atom. The quantitative estimate of drug-likeness (QED) is 0.874. The van der Waals surface area contributed by atoms with Crippen molar-refractivity contribution in [1.82, 2.24) is 5.32 Å². The molecule has 0 spiro atoms. The standard InChI is InChI=1S/C16H20F3NO4/c1-9-5-6-10(7-11(9)16(17,18)19)8-12(13(21)22)20-14(23)24-15(2,3)4/h5-7,12H,8H2,1-4H3,(H,20,23)(H,21,22). The molecule has 1 aromatic carbocycles. The fraction of sp³-hybridized carbons (Fsp3) is 0.500. The zero-order valence-electron chi connectivity index (χ0n) is 13.8. The number of hydrogen-bond acceptors (Lipinski definition) is 3. The summed E-state index contributed by atoms with van der Waals surface area (Å²) in [5, 5.41) is 11.3. The van der Waals surface area contributed by atoms with Crippen molar-refractivity contribution in [3.05, 3.63) is 34.9 Å². The highest BCUT2D eigenvalue weighted by Gasteiger charge is 2.33. The van der Waals surface area contributed by atoms with Crippen LogP contribution in [0.5, 0.6) is 0 Å². The first-order chi connectivity index (χ1) is 10.8.